The van der Waals surface area contributed by atoms with E-state index in [1.807, 2.05) is 0 Å². The van der Waals surface area contributed by atoms with Crippen LogP contribution in [0.1, 0.15) is 30.4 Å². The Bertz CT molecular complexity index is 400. The number of hydrogen-bond acceptors (Lipinski definition) is 1. The molecule has 2 N–H and O–H groups in total. The van der Waals surface area contributed by atoms with Gasteiger partial charge in [0, 0.05) is 0 Å². The Morgan fingerprint density at radius 2 is 1.89 bits per heavy atom. The monoisotopic (exact) mass is 257 g/mol. The molecule has 0 spiro atoms. The van der Waals surface area contributed by atoms with E-state index in [4.69, 9.17) is 5.73 Å². The molecule has 0 saturated heterocycles. The first-order chi connectivity index (χ1) is 8.50. The number of alkyl halides is 3. The molecule has 1 aromatic rings. The molecular formula is C14H18F3N. The number of hydrogen-bond donors (Lipinski definition) is 1. The molecule has 0 amide bonds. The highest BCUT2D eigenvalue weighted by Crippen LogP contribution is 2.35. The van der Waals surface area contributed by atoms with Gasteiger partial charge in [-0.15, -0.1) is 0 Å². The predicted molar refractivity (Wildman–Crippen MR) is 65.0 cm³/mol. The van der Waals surface area contributed by atoms with E-state index in [0.717, 1.165) is 30.9 Å². The van der Waals surface area contributed by atoms with Crippen molar-refractivity contribution in [1.82, 2.24) is 0 Å². The molecule has 1 aliphatic carbocycles. The van der Waals surface area contributed by atoms with Crippen LogP contribution >= 0.6 is 0 Å². The summed E-state index contributed by atoms with van der Waals surface area (Å²) in [5.74, 6) is 0.915. The Balaban J connectivity index is 2.10. The molecule has 1 saturated carbocycles. The molecule has 0 aliphatic heterocycles. The van der Waals surface area contributed by atoms with Gasteiger partial charge in [-0.3, -0.25) is 0 Å². The fourth-order valence-electron chi connectivity index (χ4n) is 2.87. The van der Waals surface area contributed by atoms with Gasteiger partial charge in [-0.25, -0.2) is 0 Å². The third-order valence-corrected chi connectivity index (χ3v) is 3.87. The molecule has 4 heteroatoms. The smallest absolute Gasteiger partial charge is 0.330 e. The maximum absolute atomic E-state index is 12.6. The molecular weight excluding hydrogens is 239 g/mol. The number of rotatable bonds is 3. The van der Waals surface area contributed by atoms with Crippen LogP contribution in [-0.4, -0.2) is 6.54 Å². The van der Waals surface area contributed by atoms with Crippen LogP contribution in [0.4, 0.5) is 13.2 Å². The van der Waals surface area contributed by atoms with Crippen molar-refractivity contribution in [3.63, 3.8) is 0 Å². The lowest BCUT2D eigenvalue weighted by Gasteiger charge is -2.18. The lowest BCUT2D eigenvalue weighted by atomic mass is 9.89. The first kappa shape index (κ1) is 13.4. The van der Waals surface area contributed by atoms with E-state index in [-0.39, 0.29) is 0 Å². The molecule has 100 valence electrons. The third kappa shape index (κ3) is 3.05. The van der Waals surface area contributed by atoms with E-state index >= 15 is 0 Å². The fraction of sp³-hybridized carbons (Fsp3) is 0.571. The quantitative estimate of drug-likeness (QED) is 0.879. The van der Waals surface area contributed by atoms with Gasteiger partial charge in [0.15, 0.2) is 0 Å². The summed E-state index contributed by atoms with van der Waals surface area (Å²) in [6, 6.07) is 5.66. The first-order valence-electron chi connectivity index (χ1n) is 6.37. The number of nitrogens with two attached hydrogens (primary N) is 1. The van der Waals surface area contributed by atoms with Crippen LogP contribution in [0.3, 0.4) is 0 Å². The largest absolute Gasteiger partial charge is 0.416 e. The third-order valence-electron chi connectivity index (χ3n) is 3.87. The molecule has 18 heavy (non-hydrogen) atoms. The summed E-state index contributed by atoms with van der Waals surface area (Å²) in [4.78, 5) is 0. The highest BCUT2D eigenvalue weighted by molar-refractivity contribution is 5.26. The van der Waals surface area contributed by atoms with E-state index in [1.54, 1.807) is 6.07 Å². The average Bonchev–Trinajstić information content (AvgIpc) is 2.75. The standard InChI is InChI=1S/C14H18F3N/c15-14(16,17)13-6-1-3-10(8-13)7-11-4-2-5-12(11)9-18/h1,3,6,8,11-12H,2,4-5,7,9,18H2. The lowest BCUT2D eigenvalue weighted by Crippen LogP contribution is -2.20. The van der Waals surface area contributed by atoms with Gasteiger partial charge in [0.25, 0.3) is 0 Å². The molecule has 0 heterocycles. The molecule has 2 unspecified atom stereocenters. The van der Waals surface area contributed by atoms with Crippen molar-refractivity contribution in [2.75, 3.05) is 6.54 Å². The van der Waals surface area contributed by atoms with E-state index in [1.165, 1.54) is 12.1 Å². The van der Waals surface area contributed by atoms with Crippen molar-refractivity contribution in [2.24, 2.45) is 17.6 Å². The summed E-state index contributed by atoms with van der Waals surface area (Å²) in [7, 11) is 0. The molecule has 1 aromatic carbocycles. The Labute approximate surface area is 105 Å². The second-order valence-corrected chi connectivity index (χ2v) is 5.09. The molecule has 0 bridgehead atoms. The maximum Gasteiger partial charge on any atom is 0.416 e. The molecule has 0 radical (unpaired) electrons. The van der Waals surface area contributed by atoms with Gasteiger partial charge in [-0.1, -0.05) is 24.6 Å². The molecule has 2 atom stereocenters. The van der Waals surface area contributed by atoms with Crippen LogP contribution in [-0.2, 0) is 12.6 Å². The molecule has 1 nitrogen and oxygen atoms in total. The predicted octanol–water partition coefficient (Wildman–Crippen LogP) is 3.62. The van der Waals surface area contributed by atoms with Crippen molar-refractivity contribution in [2.45, 2.75) is 31.9 Å². The van der Waals surface area contributed by atoms with Crippen LogP contribution in [0, 0.1) is 11.8 Å². The zero-order chi connectivity index (χ0) is 13.2. The zero-order valence-electron chi connectivity index (χ0n) is 10.2. The Morgan fingerprint density at radius 1 is 1.17 bits per heavy atom. The number of halogens is 3. The van der Waals surface area contributed by atoms with Crippen molar-refractivity contribution in [1.29, 1.82) is 0 Å². The van der Waals surface area contributed by atoms with Crippen molar-refractivity contribution >= 4 is 0 Å². The lowest BCUT2D eigenvalue weighted by molar-refractivity contribution is -0.137. The SMILES string of the molecule is NCC1CCCC1Cc1cccc(C(F)(F)F)c1. The molecule has 0 aromatic heterocycles. The van der Waals surface area contributed by atoms with Crippen LogP contribution in [0.15, 0.2) is 24.3 Å². The minimum atomic E-state index is -4.25. The Morgan fingerprint density at radius 3 is 2.56 bits per heavy atom. The van der Waals surface area contributed by atoms with Gasteiger partial charge in [0.2, 0.25) is 0 Å². The van der Waals surface area contributed by atoms with Gasteiger partial charge < -0.3 is 5.73 Å². The summed E-state index contributed by atoms with van der Waals surface area (Å²) < 4.78 is 37.8. The molecule has 2 rings (SSSR count). The minimum Gasteiger partial charge on any atom is -0.330 e. The van der Waals surface area contributed by atoms with Gasteiger partial charge in [-0.2, -0.15) is 13.2 Å². The zero-order valence-corrected chi connectivity index (χ0v) is 10.2. The van der Waals surface area contributed by atoms with Crippen LogP contribution in [0.25, 0.3) is 0 Å². The van der Waals surface area contributed by atoms with E-state index in [9.17, 15) is 13.2 Å². The van der Waals surface area contributed by atoms with Gasteiger partial charge in [-0.05, 0) is 49.3 Å². The summed E-state index contributed by atoms with van der Waals surface area (Å²) in [6.07, 6.45) is -0.200. The minimum absolute atomic E-state index is 0.443. The van der Waals surface area contributed by atoms with Gasteiger partial charge in [0.05, 0.1) is 5.56 Å². The molecule has 1 fully saturated rings. The molecule has 1 aliphatic rings. The first-order valence-corrected chi connectivity index (χ1v) is 6.37. The maximum atomic E-state index is 12.6. The Kier molecular flexibility index (Phi) is 3.95. The summed E-state index contributed by atoms with van der Waals surface area (Å²) in [5.41, 5.74) is 5.92. The topological polar surface area (TPSA) is 26.0 Å². The van der Waals surface area contributed by atoms with Crippen molar-refractivity contribution in [3.05, 3.63) is 35.4 Å². The number of benzene rings is 1. The van der Waals surface area contributed by atoms with Crippen LogP contribution < -0.4 is 5.73 Å². The summed E-state index contributed by atoms with van der Waals surface area (Å²) in [5, 5.41) is 0. The summed E-state index contributed by atoms with van der Waals surface area (Å²) >= 11 is 0. The highest BCUT2D eigenvalue weighted by atomic mass is 19.4. The van der Waals surface area contributed by atoms with Gasteiger partial charge >= 0.3 is 6.18 Å². The van der Waals surface area contributed by atoms with Crippen LogP contribution in [0.2, 0.25) is 0 Å². The van der Waals surface area contributed by atoms with Crippen molar-refractivity contribution in [3.8, 4) is 0 Å². The van der Waals surface area contributed by atoms with E-state index < -0.39 is 11.7 Å². The second kappa shape index (κ2) is 5.31. The fourth-order valence-corrected chi connectivity index (χ4v) is 2.87. The van der Waals surface area contributed by atoms with E-state index in [2.05, 4.69) is 0 Å². The van der Waals surface area contributed by atoms with Crippen LogP contribution in [0.5, 0.6) is 0 Å². The highest BCUT2D eigenvalue weighted by Gasteiger charge is 2.31. The normalized spacial score (nSPS) is 24.4. The average molecular weight is 257 g/mol. The van der Waals surface area contributed by atoms with E-state index in [0.29, 0.717) is 24.8 Å². The van der Waals surface area contributed by atoms with Gasteiger partial charge in [0.1, 0.15) is 0 Å². The van der Waals surface area contributed by atoms with Crippen molar-refractivity contribution < 1.29 is 13.2 Å². The second-order valence-electron chi connectivity index (χ2n) is 5.09. The Hall–Kier alpha value is -1.03. The summed E-state index contributed by atoms with van der Waals surface area (Å²) in [6.45, 7) is 0.642.